The molecule has 0 aliphatic rings. The Bertz CT molecular complexity index is 632. The highest BCUT2D eigenvalue weighted by Crippen LogP contribution is 2.35. The average molecular weight is 293 g/mol. The van der Waals surface area contributed by atoms with E-state index in [1.54, 1.807) is 18.2 Å². The Kier molecular flexibility index (Phi) is 4.75. The summed E-state index contributed by atoms with van der Waals surface area (Å²) < 4.78 is 37.4. The standard InChI is InChI=1S/C16H17F2NO2/c1-20-15-5-3-4-12(16(15)21-2)14(19)9-10-8-11(17)6-7-13(10)18/h3-8,14H,9,19H2,1-2H3. The lowest BCUT2D eigenvalue weighted by Gasteiger charge is -2.18. The predicted octanol–water partition coefficient (Wildman–Crippen LogP) is 3.22. The number of halogens is 2. The minimum atomic E-state index is -0.536. The van der Waals surface area contributed by atoms with Gasteiger partial charge in [0.2, 0.25) is 0 Å². The summed E-state index contributed by atoms with van der Waals surface area (Å²) in [5, 5.41) is 0. The molecule has 0 saturated heterocycles. The van der Waals surface area contributed by atoms with Crippen molar-refractivity contribution in [2.45, 2.75) is 12.5 Å². The first kappa shape index (κ1) is 15.3. The Balaban J connectivity index is 2.32. The molecule has 1 unspecified atom stereocenters. The number of nitrogens with two attached hydrogens (primary N) is 1. The van der Waals surface area contributed by atoms with Crippen molar-refractivity contribution in [1.29, 1.82) is 0 Å². The van der Waals surface area contributed by atoms with Crippen LogP contribution in [0.3, 0.4) is 0 Å². The number of rotatable bonds is 5. The van der Waals surface area contributed by atoms with E-state index in [0.29, 0.717) is 17.1 Å². The largest absolute Gasteiger partial charge is 0.493 e. The molecule has 0 saturated carbocycles. The lowest BCUT2D eigenvalue weighted by Crippen LogP contribution is -2.15. The lowest BCUT2D eigenvalue weighted by atomic mass is 9.98. The molecule has 3 nitrogen and oxygen atoms in total. The first-order valence-electron chi connectivity index (χ1n) is 6.47. The van der Waals surface area contributed by atoms with Crippen molar-refractivity contribution in [1.82, 2.24) is 0 Å². The van der Waals surface area contributed by atoms with Gasteiger partial charge in [-0.05, 0) is 36.2 Å². The molecule has 0 aromatic heterocycles. The molecule has 5 heteroatoms. The van der Waals surface area contributed by atoms with Crippen molar-refractivity contribution >= 4 is 0 Å². The van der Waals surface area contributed by atoms with Crippen LogP contribution >= 0.6 is 0 Å². The van der Waals surface area contributed by atoms with Crippen LogP contribution in [0.25, 0.3) is 0 Å². The van der Waals surface area contributed by atoms with Gasteiger partial charge in [0.05, 0.1) is 14.2 Å². The highest BCUT2D eigenvalue weighted by atomic mass is 19.1. The van der Waals surface area contributed by atoms with Gasteiger partial charge in [0.25, 0.3) is 0 Å². The van der Waals surface area contributed by atoms with Crippen LogP contribution in [0, 0.1) is 11.6 Å². The second-order valence-corrected chi connectivity index (χ2v) is 4.63. The summed E-state index contributed by atoms with van der Waals surface area (Å²) in [6, 6.07) is 8.10. The third-order valence-electron chi connectivity index (χ3n) is 3.28. The van der Waals surface area contributed by atoms with E-state index in [9.17, 15) is 8.78 Å². The summed E-state index contributed by atoms with van der Waals surface area (Å²) in [4.78, 5) is 0. The van der Waals surface area contributed by atoms with Gasteiger partial charge in [-0.2, -0.15) is 0 Å². The van der Waals surface area contributed by atoms with Gasteiger partial charge in [-0.25, -0.2) is 8.78 Å². The summed E-state index contributed by atoms with van der Waals surface area (Å²) in [5.74, 6) is 0.0828. The third kappa shape index (κ3) is 3.31. The molecule has 0 radical (unpaired) electrons. The zero-order valence-electron chi connectivity index (χ0n) is 11.9. The van der Waals surface area contributed by atoms with Crippen molar-refractivity contribution in [3.63, 3.8) is 0 Å². The minimum absolute atomic E-state index is 0.160. The molecule has 0 heterocycles. The Morgan fingerprint density at radius 2 is 1.86 bits per heavy atom. The van der Waals surface area contributed by atoms with E-state index < -0.39 is 17.7 Å². The number of hydrogen-bond acceptors (Lipinski definition) is 3. The smallest absolute Gasteiger partial charge is 0.165 e. The quantitative estimate of drug-likeness (QED) is 0.920. The van der Waals surface area contributed by atoms with Gasteiger partial charge in [0.1, 0.15) is 11.6 Å². The topological polar surface area (TPSA) is 44.5 Å². The van der Waals surface area contributed by atoms with Crippen LogP contribution in [0.5, 0.6) is 11.5 Å². The molecule has 21 heavy (non-hydrogen) atoms. The number of para-hydroxylation sites is 1. The van der Waals surface area contributed by atoms with Crippen LogP contribution in [0.2, 0.25) is 0 Å². The van der Waals surface area contributed by atoms with Crippen LogP contribution in [0.15, 0.2) is 36.4 Å². The summed E-state index contributed by atoms with van der Waals surface area (Å²) in [7, 11) is 3.04. The fourth-order valence-corrected chi connectivity index (χ4v) is 2.25. The van der Waals surface area contributed by atoms with E-state index in [0.717, 1.165) is 18.2 Å². The van der Waals surface area contributed by atoms with Gasteiger partial charge in [-0.1, -0.05) is 12.1 Å². The molecule has 2 N–H and O–H groups in total. The van der Waals surface area contributed by atoms with Gasteiger partial charge in [-0.3, -0.25) is 0 Å². The van der Waals surface area contributed by atoms with Crippen molar-refractivity contribution in [3.8, 4) is 11.5 Å². The van der Waals surface area contributed by atoms with Crippen molar-refractivity contribution < 1.29 is 18.3 Å². The first-order chi connectivity index (χ1) is 10.1. The van der Waals surface area contributed by atoms with Crippen LogP contribution < -0.4 is 15.2 Å². The summed E-state index contributed by atoms with van der Waals surface area (Å²) >= 11 is 0. The molecule has 0 aliphatic carbocycles. The van der Waals surface area contributed by atoms with Gasteiger partial charge < -0.3 is 15.2 Å². The van der Waals surface area contributed by atoms with Crippen LogP contribution in [-0.4, -0.2) is 14.2 Å². The Morgan fingerprint density at radius 3 is 2.52 bits per heavy atom. The SMILES string of the molecule is COc1cccc(C(N)Cc2cc(F)ccc2F)c1OC. The molecular weight excluding hydrogens is 276 g/mol. The molecule has 0 spiro atoms. The summed E-state index contributed by atoms with van der Waals surface area (Å²) in [6.45, 7) is 0. The van der Waals surface area contributed by atoms with Crippen molar-refractivity contribution in [2.24, 2.45) is 5.73 Å². The molecule has 2 aromatic rings. The van der Waals surface area contributed by atoms with Gasteiger partial charge in [0.15, 0.2) is 11.5 Å². The second-order valence-electron chi connectivity index (χ2n) is 4.63. The predicted molar refractivity (Wildman–Crippen MR) is 76.5 cm³/mol. The molecule has 0 aliphatic heterocycles. The van der Waals surface area contributed by atoms with E-state index in [2.05, 4.69) is 0 Å². The highest BCUT2D eigenvalue weighted by molar-refractivity contribution is 5.48. The maximum Gasteiger partial charge on any atom is 0.165 e. The minimum Gasteiger partial charge on any atom is -0.493 e. The molecule has 0 fully saturated rings. The van der Waals surface area contributed by atoms with E-state index in [4.69, 9.17) is 15.2 Å². The molecule has 2 rings (SSSR count). The van der Waals surface area contributed by atoms with Crippen LogP contribution in [-0.2, 0) is 6.42 Å². The molecule has 0 amide bonds. The molecule has 0 bridgehead atoms. The fraction of sp³-hybridized carbons (Fsp3) is 0.250. The van der Waals surface area contributed by atoms with Crippen molar-refractivity contribution in [3.05, 3.63) is 59.2 Å². The number of ether oxygens (including phenoxy) is 2. The van der Waals surface area contributed by atoms with Crippen LogP contribution in [0.4, 0.5) is 8.78 Å². The molecular formula is C16H17F2NO2. The summed E-state index contributed by atoms with van der Waals surface area (Å²) in [6.07, 6.45) is 0.160. The fourth-order valence-electron chi connectivity index (χ4n) is 2.25. The van der Waals surface area contributed by atoms with Crippen LogP contribution in [0.1, 0.15) is 17.2 Å². The van der Waals surface area contributed by atoms with E-state index >= 15 is 0 Å². The maximum atomic E-state index is 13.7. The highest BCUT2D eigenvalue weighted by Gasteiger charge is 2.18. The Hall–Kier alpha value is -2.14. The van der Waals surface area contributed by atoms with Gasteiger partial charge >= 0.3 is 0 Å². The monoisotopic (exact) mass is 293 g/mol. The lowest BCUT2D eigenvalue weighted by molar-refractivity contribution is 0.349. The molecule has 2 aromatic carbocycles. The molecule has 1 atom stereocenters. The number of benzene rings is 2. The number of hydrogen-bond donors (Lipinski definition) is 1. The summed E-state index contributed by atoms with van der Waals surface area (Å²) in [5.41, 5.74) is 7.03. The number of methoxy groups -OCH3 is 2. The normalized spacial score (nSPS) is 12.0. The van der Waals surface area contributed by atoms with E-state index in [1.165, 1.54) is 14.2 Å². The zero-order valence-corrected chi connectivity index (χ0v) is 11.9. The molecule has 112 valence electrons. The zero-order chi connectivity index (χ0) is 15.4. The van der Waals surface area contributed by atoms with Gasteiger partial charge in [0, 0.05) is 11.6 Å². The Labute approximate surface area is 122 Å². The van der Waals surface area contributed by atoms with Crippen molar-refractivity contribution in [2.75, 3.05) is 14.2 Å². The van der Waals surface area contributed by atoms with Gasteiger partial charge in [-0.15, -0.1) is 0 Å². The first-order valence-corrected chi connectivity index (χ1v) is 6.47. The van der Waals surface area contributed by atoms with E-state index in [-0.39, 0.29) is 12.0 Å². The van der Waals surface area contributed by atoms with E-state index in [1.807, 2.05) is 0 Å². The second kappa shape index (κ2) is 6.54. The third-order valence-corrected chi connectivity index (χ3v) is 3.28. The average Bonchev–Trinajstić information content (AvgIpc) is 2.49. The maximum absolute atomic E-state index is 13.7. The Morgan fingerprint density at radius 1 is 1.10 bits per heavy atom.